The number of ether oxygens (including phenoxy) is 3. The Kier molecular flexibility index (Phi) is 3.67. The number of methoxy groups -OCH3 is 3. The number of fused-ring (bicyclic) bond motifs is 1. The van der Waals surface area contributed by atoms with Crippen molar-refractivity contribution in [2.24, 2.45) is 0 Å². The minimum absolute atomic E-state index is 0.175. The standard InChI is InChI=1S/C10H9BrN2O4S/c1-15-8-7-5(12-10(13-8)17-3)4(11)6(18-7)9(14)16-2/h1-3H3. The molecule has 0 amide bonds. The van der Waals surface area contributed by atoms with Gasteiger partial charge < -0.3 is 14.2 Å². The molecule has 2 heterocycles. The molecule has 0 spiro atoms. The van der Waals surface area contributed by atoms with Crippen molar-refractivity contribution < 1.29 is 19.0 Å². The lowest BCUT2D eigenvalue weighted by molar-refractivity contribution is 0.0605. The molecule has 8 heteroatoms. The topological polar surface area (TPSA) is 70.5 Å². The summed E-state index contributed by atoms with van der Waals surface area (Å²) < 4.78 is 16.0. The van der Waals surface area contributed by atoms with Crippen LogP contribution >= 0.6 is 27.3 Å². The third-order valence-corrected chi connectivity index (χ3v) is 4.35. The van der Waals surface area contributed by atoms with Gasteiger partial charge in [0, 0.05) is 0 Å². The summed E-state index contributed by atoms with van der Waals surface area (Å²) >= 11 is 4.53. The van der Waals surface area contributed by atoms with Crippen molar-refractivity contribution in [3.05, 3.63) is 9.35 Å². The summed E-state index contributed by atoms with van der Waals surface area (Å²) in [7, 11) is 4.28. The van der Waals surface area contributed by atoms with E-state index in [1.807, 2.05) is 0 Å². The van der Waals surface area contributed by atoms with Gasteiger partial charge in [0.25, 0.3) is 0 Å². The molecule has 0 radical (unpaired) electrons. The maximum atomic E-state index is 11.6. The second-order valence-corrected chi connectivity index (χ2v) is 4.95. The van der Waals surface area contributed by atoms with Crippen molar-refractivity contribution in [3.63, 3.8) is 0 Å². The third kappa shape index (κ3) is 2.01. The molecule has 0 atom stereocenters. The lowest BCUT2D eigenvalue weighted by atomic mass is 10.4. The van der Waals surface area contributed by atoms with Crippen LogP contribution in [-0.4, -0.2) is 37.3 Å². The van der Waals surface area contributed by atoms with Crippen molar-refractivity contribution in [1.29, 1.82) is 0 Å². The Bertz CT molecular complexity index is 613. The Morgan fingerprint density at radius 2 is 1.94 bits per heavy atom. The van der Waals surface area contributed by atoms with E-state index in [1.165, 1.54) is 32.7 Å². The minimum Gasteiger partial charge on any atom is -0.480 e. The molecule has 18 heavy (non-hydrogen) atoms. The molecular weight excluding hydrogens is 324 g/mol. The monoisotopic (exact) mass is 332 g/mol. The Balaban J connectivity index is 2.74. The van der Waals surface area contributed by atoms with E-state index in [0.29, 0.717) is 25.4 Å². The van der Waals surface area contributed by atoms with Gasteiger partial charge in [0.2, 0.25) is 5.88 Å². The van der Waals surface area contributed by atoms with Gasteiger partial charge in [0.1, 0.15) is 15.1 Å². The molecule has 0 saturated heterocycles. The second kappa shape index (κ2) is 5.07. The van der Waals surface area contributed by atoms with E-state index in [2.05, 4.69) is 25.9 Å². The summed E-state index contributed by atoms with van der Waals surface area (Å²) in [5.74, 6) is -0.0800. The van der Waals surface area contributed by atoms with Gasteiger partial charge in [-0.15, -0.1) is 11.3 Å². The zero-order valence-corrected chi connectivity index (χ0v) is 12.2. The van der Waals surface area contributed by atoms with E-state index in [-0.39, 0.29) is 6.01 Å². The molecule has 0 aliphatic heterocycles. The zero-order chi connectivity index (χ0) is 13.3. The van der Waals surface area contributed by atoms with Crippen LogP contribution in [0.15, 0.2) is 4.47 Å². The quantitative estimate of drug-likeness (QED) is 0.803. The highest BCUT2D eigenvalue weighted by molar-refractivity contribution is 9.10. The molecule has 0 aromatic carbocycles. The smallest absolute Gasteiger partial charge is 0.349 e. The van der Waals surface area contributed by atoms with Crippen LogP contribution in [0.3, 0.4) is 0 Å². The first-order valence-corrected chi connectivity index (χ1v) is 6.39. The lowest BCUT2D eigenvalue weighted by Gasteiger charge is -2.02. The average molecular weight is 333 g/mol. The summed E-state index contributed by atoms with van der Waals surface area (Å²) in [5.41, 5.74) is 0.559. The van der Waals surface area contributed by atoms with Crippen LogP contribution in [0.5, 0.6) is 11.9 Å². The number of esters is 1. The first-order chi connectivity index (χ1) is 8.62. The first kappa shape index (κ1) is 13.0. The predicted octanol–water partition coefficient (Wildman–Crippen LogP) is 2.26. The van der Waals surface area contributed by atoms with E-state index >= 15 is 0 Å². The fourth-order valence-corrected chi connectivity index (χ4v) is 3.20. The molecule has 2 rings (SSSR count). The molecule has 96 valence electrons. The van der Waals surface area contributed by atoms with Crippen molar-refractivity contribution in [3.8, 4) is 11.9 Å². The third-order valence-electron chi connectivity index (χ3n) is 2.17. The molecule has 2 aromatic rings. The van der Waals surface area contributed by atoms with Crippen molar-refractivity contribution >= 4 is 43.5 Å². The van der Waals surface area contributed by atoms with Gasteiger partial charge in [-0.2, -0.15) is 9.97 Å². The van der Waals surface area contributed by atoms with Gasteiger partial charge in [-0.25, -0.2) is 4.79 Å². The molecule has 0 fully saturated rings. The summed E-state index contributed by atoms with van der Waals surface area (Å²) in [5, 5.41) is 0. The van der Waals surface area contributed by atoms with E-state index < -0.39 is 5.97 Å². The summed E-state index contributed by atoms with van der Waals surface area (Å²) in [6.07, 6.45) is 0. The molecule has 6 nitrogen and oxygen atoms in total. The van der Waals surface area contributed by atoms with Gasteiger partial charge in [-0.3, -0.25) is 0 Å². The number of carbonyl (C=O) groups is 1. The summed E-state index contributed by atoms with van der Waals surface area (Å²) in [6, 6.07) is 0.175. The van der Waals surface area contributed by atoms with Crippen molar-refractivity contribution in [1.82, 2.24) is 9.97 Å². The number of hydrogen-bond donors (Lipinski definition) is 0. The van der Waals surface area contributed by atoms with E-state index in [4.69, 9.17) is 14.2 Å². The molecule has 0 N–H and O–H groups in total. The van der Waals surface area contributed by atoms with Gasteiger partial charge in [0.15, 0.2) is 0 Å². The van der Waals surface area contributed by atoms with Gasteiger partial charge >= 0.3 is 12.0 Å². The number of aromatic nitrogens is 2. The Morgan fingerprint density at radius 3 is 2.50 bits per heavy atom. The van der Waals surface area contributed by atoms with E-state index in [9.17, 15) is 4.79 Å². The molecule has 0 saturated carbocycles. The van der Waals surface area contributed by atoms with Gasteiger partial charge in [-0.05, 0) is 15.9 Å². The van der Waals surface area contributed by atoms with Gasteiger partial charge in [0.05, 0.1) is 25.8 Å². The molecular formula is C10H9BrN2O4S. The highest BCUT2D eigenvalue weighted by Crippen LogP contribution is 2.39. The maximum Gasteiger partial charge on any atom is 0.349 e. The van der Waals surface area contributed by atoms with Crippen molar-refractivity contribution in [2.75, 3.05) is 21.3 Å². The number of hydrogen-bond acceptors (Lipinski definition) is 7. The molecule has 0 aliphatic rings. The Morgan fingerprint density at radius 1 is 1.22 bits per heavy atom. The summed E-state index contributed by atoms with van der Waals surface area (Å²) in [6.45, 7) is 0. The highest BCUT2D eigenvalue weighted by atomic mass is 79.9. The Hall–Kier alpha value is -1.41. The molecule has 0 aliphatic carbocycles. The predicted molar refractivity (Wildman–Crippen MR) is 69.6 cm³/mol. The van der Waals surface area contributed by atoms with Crippen LogP contribution < -0.4 is 9.47 Å². The second-order valence-electron chi connectivity index (χ2n) is 3.13. The fourth-order valence-electron chi connectivity index (χ4n) is 1.36. The average Bonchev–Trinajstić information content (AvgIpc) is 2.74. The number of rotatable bonds is 3. The maximum absolute atomic E-state index is 11.6. The van der Waals surface area contributed by atoms with E-state index in [1.54, 1.807) is 0 Å². The lowest BCUT2D eigenvalue weighted by Crippen LogP contribution is -1.98. The minimum atomic E-state index is -0.439. The molecule has 0 bridgehead atoms. The SMILES string of the molecule is COC(=O)c1sc2c(OC)nc(OC)nc2c1Br. The summed E-state index contributed by atoms with van der Waals surface area (Å²) in [4.78, 5) is 20.2. The number of carbonyl (C=O) groups excluding carboxylic acids is 1. The molecule has 2 aromatic heterocycles. The number of halogens is 1. The van der Waals surface area contributed by atoms with Crippen LogP contribution in [0.25, 0.3) is 10.2 Å². The van der Waals surface area contributed by atoms with Gasteiger partial charge in [-0.1, -0.05) is 0 Å². The van der Waals surface area contributed by atoms with E-state index in [0.717, 1.165) is 0 Å². The fraction of sp³-hybridized carbons (Fsp3) is 0.300. The van der Waals surface area contributed by atoms with Crippen LogP contribution in [0.4, 0.5) is 0 Å². The number of nitrogens with zero attached hydrogens (tertiary/aromatic N) is 2. The van der Waals surface area contributed by atoms with Crippen LogP contribution in [-0.2, 0) is 4.74 Å². The Labute approximate surface area is 115 Å². The highest BCUT2D eigenvalue weighted by Gasteiger charge is 2.22. The number of thiophene rings is 1. The van der Waals surface area contributed by atoms with Crippen LogP contribution in [0.2, 0.25) is 0 Å². The van der Waals surface area contributed by atoms with Crippen LogP contribution in [0.1, 0.15) is 9.67 Å². The molecule has 0 unspecified atom stereocenters. The zero-order valence-electron chi connectivity index (χ0n) is 9.81. The normalized spacial score (nSPS) is 10.4. The van der Waals surface area contributed by atoms with Crippen molar-refractivity contribution in [2.45, 2.75) is 0 Å². The first-order valence-electron chi connectivity index (χ1n) is 4.78. The largest absolute Gasteiger partial charge is 0.480 e. The van der Waals surface area contributed by atoms with Crippen LogP contribution in [0, 0.1) is 0 Å².